The van der Waals surface area contributed by atoms with Crippen molar-refractivity contribution in [2.45, 2.75) is 39.8 Å². The van der Waals surface area contributed by atoms with Crippen LogP contribution in [0, 0.1) is 5.41 Å². The van der Waals surface area contributed by atoms with Gasteiger partial charge in [0, 0.05) is 44.1 Å². The summed E-state index contributed by atoms with van der Waals surface area (Å²) in [6.45, 7) is 8.31. The Balaban J connectivity index is 2.32. The summed E-state index contributed by atoms with van der Waals surface area (Å²) in [7, 11) is 1.72. The van der Waals surface area contributed by atoms with Gasteiger partial charge in [-0.15, -0.1) is 0 Å². The molecule has 0 amide bonds. The van der Waals surface area contributed by atoms with Crippen molar-refractivity contribution >= 4 is 0 Å². The van der Waals surface area contributed by atoms with E-state index in [9.17, 15) is 0 Å². The highest BCUT2D eigenvalue weighted by molar-refractivity contribution is 5.21. The van der Waals surface area contributed by atoms with E-state index < -0.39 is 0 Å². The number of rotatable bonds is 2. The highest BCUT2D eigenvalue weighted by atomic mass is 16.5. The number of fused-ring (bicyclic) bond motifs is 1. The van der Waals surface area contributed by atoms with Crippen molar-refractivity contribution < 1.29 is 4.74 Å². The van der Waals surface area contributed by atoms with Gasteiger partial charge in [0.1, 0.15) is 6.10 Å². The molecule has 2 rings (SSSR count). The smallest absolute Gasteiger partial charge is 0.157 e. The molecule has 17 heavy (non-hydrogen) atoms. The Morgan fingerprint density at radius 1 is 1.41 bits per heavy atom. The molecule has 2 heterocycles. The maximum atomic E-state index is 5.55. The third-order valence-electron chi connectivity index (χ3n) is 3.08. The molecular weight excluding hydrogens is 214 g/mol. The molecule has 0 aliphatic carbocycles. The van der Waals surface area contributed by atoms with Crippen molar-refractivity contribution in [2.75, 3.05) is 13.7 Å². The Bertz CT molecular complexity index is 398. The van der Waals surface area contributed by atoms with Gasteiger partial charge < -0.3 is 10.1 Å². The molecule has 94 valence electrons. The topological polar surface area (TPSA) is 47.0 Å². The number of hydrogen-bond donors (Lipinski definition) is 1. The minimum absolute atomic E-state index is 0.00982. The quantitative estimate of drug-likeness (QED) is 0.850. The van der Waals surface area contributed by atoms with Crippen LogP contribution in [0.4, 0.5) is 0 Å². The summed E-state index contributed by atoms with van der Waals surface area (Å²) in [6, 6.07) is 0. The Kier molecular flexibility index (Phi) is 3.45. The zero-order valence-electron chi connectivity index (χ0n) is 11.1. The van der Waals surface area contributed by atoms with Crippen LogP contribution in [0.15, 0.2) is 6.20 Å². The van der Waals surface area contributed by atoms with E-state index in [0.717, 1.165) is 25.3 Å². The number of nitrogens with one attached hydrogen (secondary N) is 1. The standard InChI is InChI=1S/C13H21N3O/c1-13(2,3)11(17-4)12-15-8-9-7-14-6-5-10(9)16-12/h8,11,14H,5-7H2,1-4H3. The van der Waals surface area contributed by atoms with E-state index >= 15 is 0 Å². The molecule has 0 fully saturated rings. The van der Waals surface area contributed by atoms with E-state index in [1.165, 1.54) is 11.3 Å². The van der Waals surface area contributed by atoms with Crippen LogP contribution in [0.3, 0.4) is 0 Å². The Labute approximate surface area is 103 Å². The maximum absolute atomic E-state index is 5.55. The van der Waals surface area contributed by atoms with Crippen LogP contribution in [0.1, 0.15) is 44.0 Å². The average molecular weight is 235 g/mol. The first-order valence-electron chi connectivity index (χ1n) is 6.10. The first kappa shape index (κ1) is 12.5. The molecule has 1 aliphatic heterocycles. The predicted octanol–water partition coefficient (Wildman–Crippen LogP) is 1.86. The van der Waals surface area contributed by atoms with Gasteiger partial charge in [-0.1, -0.05) is 20.8 Å². The molecule has 0 saturated carbocycles. The second-order valence-electron chi connectivity index (χ2n) is 5.61. The molecule has 4 heteroatoms. The first-order valence-corrected chi connectivity index (χ1v) is 6.10. The van der Waals surface area contributed by atoms with Crippen molar-refractivity contribution in [2.24, 2.45) is 5.41 Å². The van der Waals surface area contributed by atoms with Gasteiger partial charge in [-0.3, -0.25) is 0 Å². The zero-order chi connectivity index (χ0) is 12.5. The van der Waals surface area contributed by atoms with E-state index in [4.69, 9.17) is 4.74 Å². The first-order chi connectivity index (χ1) is 8.02. The number of aromatic nitrogens is 2. The summed E-state index contributed by atoms with van der Waals surface area (Å²) >= 11 is 0. The van der Waals surface area contributed by atoms with Crippen LogP contribution < -0.4 is 5.32 Å². The summed E-state index contributed by atoms with van der Waals surface area (Å²) < 4.78 is 5.55. The van der Waals surface area contributed by atoms with Crippen LogP contribution >= 0.6 is 0 Å². The molecule has 0 radical (unpaired) electrons. The molecule has 1 aromatic rings. The number of methoxy groups -OCH3 is 1. The second-order valence-corrected chi connectivity index (χ2v) is 5.61. The van der Waals surface area contributed by atoms with E-state index in [1.54, 1.807) is 7.11 Å². The Morgan fingerprint density at radius 2 is 2.18 bits per heavy atom. The molecule has 0 spiro atoms. The lowest BCUT2D eigenvalue weighted by Gasteiger charge is -2.28. The summed E-state index contributed by atoms with van der Waals surface area (Å²) in [4.78, 5) is 9.13. The van der Waals surface area contributed by atoms with Gasteiger partial charge in [0.2, 0.25) is 0 Å². The predicted molar refractivity (Wildman–Crippen MR) is 66.6 cm³/mol. The van der Waals surface area contributed by atoms with Crippen LogP contribution in [-0.2, 0) is 17.7 Å². The average Bonchev–Trinajstić information content (AvgIpc) is 2.28. The highest BCUT2D eigenvalue weighted by Gasteiger charge is 2.29. The van der Waals surface area contributed by atoms with Gasteiger partial charge in [-0.25, -0.2) is 9.97 Å². The van der Waals surface area contributed by atoms with Crippen molar-refractivity contribution in [3.63, 3.8) is 0 Å². The van der Waals surface area contributed by atoms with Crippen molar-refractivity contribution in [1.29, 1.82) is 0 Å². The van der Waals surface area contributed by atoms with Crippen molar-refractivity contribution in [3.8, 4) is 0 Å². The molecule has 1 unspecified atom stereocenters. The summed E-state index contributed by atoms with van der Waals surface area (Å²) in [5, 5.41) is 3.32. The van der Waals surface area contributed by atoms with E-state index in [0.29, 0.717) is 0 Å². The lowest BCUT2D eigenvalue weighted by molar-refractivity contribution is 0.00843. The molecular formula is C13H21N3O. The fourth-order valence-electron chi connectivity index (χ4n) is 2.22. The second kappa shape index (κ2) is 4.70. The van der Waals surface area contributed by atoms with Gasteiger partial charge in [0.15, 0.2) is 5.82 Å². The SMILES string of the molecule is COC(c1ncc2c(n1)CCNC2)C(C)(C)C. The summed E-state index contributed by atoms with van der Waals surface area (Å²) in [6.07, 6.45) is 2.86. The van der Waals surface area contributed by atoms with Crippen LogP contribution in [-0.4, -0.2) is 23.6 Å². The van der Waals surface area contributed by atoms with Crippen LogP contribution in [0.5, 0.6) is 0 Å². The molecule has 0 aromatic carbocycles. The largest absolute Gasteiger partial charge is 0.373 e. The monoisotopic (exact) mass is 235 g/mol. The van der Waals surface area contributed by atoms with Crippen LogP contribution in [0.2, 0.25) is 0 Å². The van der Waals surface area contributed by atoms with Gasteiger partial charge in [-0.05, 0) is 5.41 Å². The molecule has 1 atom stereocenters. The maximum Gasteiger partial charge on any atom is 0.157 e. The molecule has 1 aliphatic rings. The number of ether oxygens (including phenoxy) is 1. The minimum Gasteiger partial charge on any atom is -0.373 e. The lowest BCUT2D eigenvalue weighted by atomic mass is 9.88. The Morgan fingerprint density at radius 3 is 2.82 bits per heavy atom. The van der Waals surface area contributed by atoms with E-state index in [1.807, 2.05) is 6.20 Å². The third kappa shape index (κ3) is 2.64. The molecule has 0 bridgehead atoms. The summed E-state index contributed by atoms with van der Waals surface area (Å²) in [5.41, 5.74) is 2.39. The lowest BCUT2D eigenvalue weighted by Crippen LogP contribution is -2.27. The molecule has 4 nitrogen and oxygen atoms in total. The number of nitrogens with zero attached hydrogens (tertiary/aromatic N) is 2. The van der Waals surface area contributed by atoms with Gasteiger partial charge >= 0.3 is 0 Å². The number of hydrogen-bond acceptors (Lipinski definition) is 4. The van der Waals surface area contributed by atoms with E-state index in [2.05, 4.69) is 36.1 Å². The third-order valence-corrected chi connectivity index (χ3v) is 3.08. The Hall–Kier alpha value is -1.00. The molecule has 1 aromatic heterocycles. The fraction of sp³-hybridized carbons (Fsp3) is 0.692. The van der Waals surface area contributed by atoms with Gasteiger partial charge in [0.05, 0.1) is 0 Å². The zero-order valence-corrected chi connectivity index (χ0v) is 11.1. The van der Waals surface area contributed by atoms with Gasteiger partial charge in [0.25, 0.3) is 0 Å². The van der Waals surface area contributed by atoms with Crippen molar-refractivity contribution in [3.05, 3.63) is 23.3 Å². The van der Waals surface area contributed by atoms with Gasteiger partial charge in [-0.2, -0.15) is 0 Å². The van der Waals surface area contributed by atoms with Crippen molar-refractivity contribution in [1.82, 2.24) is 15.3 Å². The minimum atomic E-state index is -0.0531. The van der Waals surface area contributed by atoms with Crippen LogP contribution in [0.25, 0.3) is 0 Å². The van der Waals surface area contributed by atoms with E-state index in [-0.39, 0.29) is 11.5 Å². The highest BCUT2D eigenvalue weighted by Crippen LogP contribution is 2.33. The molecule has 1 N–H and O–H groups in total. The normalized spacial score (nSPS) is 17.6. The molecule has 0 saturated heterocycles. The fourth-order valence-corrected chi connectivity index (χ4v) is 2.22. The summed E-state index contributed by atoms with van der Waals surface area (Å²) in [5.74, 6) is 0.806.